The summed E-state index contributed by atoms with van der Waals surface area (Å²) in [4.78, 5) is 11.8. The molecule has 7 aromatic carbocycles. The first kappa shape index (κ1) is 37.9. The van der Waals surface area contributed by atoms with E-state index in [0.29, 0.717) is 11.5 Å². The van der Waals surface area contributed by atoms with Gasteiger partial charge in [-0.1, -0.05) is 135 Å². The van der Waals surface area contributed by atoms with Gasteiger partial charge in [0.05, 0.1) is 0 Å². The van der Waals surface area contributed by atoms with Gasteiger partial charge in [0.2, 0.25) is 0 Å². The zero-order valence-electron chi connectivity index (χ0n) is 34.0. The van der Waals surface area contributed by atoms with Crippen molar-refractivity contribution in [2.75, 3.05) is 16.8 Å². The number of nitrogens with zero attached hydrogens (tertiary/aromatic N) is 4. The van der Waals surface area contributed by atoms with Gasteiger partial charge in [-0.3, -0.25) is 0 Å². The molecule has 0 radical (unpaired) electrons. The van der Waals surface area contributed by atoms with E-state index in [1.165, 1.54) is 48.9 Å². The van der Waals surface area contributed by atoms with Crippen LogP contribution in [0.15, 0.2) is 168 Å². The maximum absolute atomic E-state index is 6.83. The minimum Gasteiger partial charge on any atom is -0.509 e. The Balaban J connectivity index is 0.00000420. The Bertz CT molecular complexity index is 3210. The molecule has 7 heteroatoms. The minimum absolute atomic E-state index is 0. The molecule has 61 heavy (non-hydrogen) atoms. The van der Waals surface area contributed by atoms with Crippen LogP contribution in [0.4, 0.5) is 17.1 Å². The number of hydrogen-bond donors (Lipinski definition) is 0. The summed E-state index contributed by atoms with van der Waals surface area (Å²) in [6.45, 7) is 9.12. The van der Waals surface area contributed by atoms with E-state index in [1.807, 2.05) is 42.2 Å². The van der Waals surface area contributed by atoms with Crippen LogP contribution in [0.1, 0.15) is 48.6 Å². The number of ether oxygens (including phenoxy) is 1. The minimum atomic E-state index is -0.677. The quantitative estimate of drug-likeness (QED) is 0.164. The number of para-hydroxylation sites is 2. The monoisotopic (exact) mass is 986 g/mol. The maximum Gasteiger partial charge on any atom is 0.135 e. The molecule has 5 nitrogen and oxygen atoms in total. The Hall–Kier alpha value is -6.07. The van der Waals surface area contributed by atoms with Crippen molar-refractivity contribution in [2.24, 2.45) is 0 Å². The molecule has 3 aliphatic heterocycles. The van der Waals surface area contributed by atoms with E-state index in [2.05, 4.69) is 188 Å². The summed E-state index contributed by atoms with van der Waals surface area (Å²) in [5, 5.41) is 2.24. The van der Waals surface area contributed by atoms with Gasteiger partial charge in [0, 0.05) is 70.9 Å². The summed E-state index contributed by atoms with van der Waals surface area (Å²) in [6, 6.07) is 62.1. The molecule has 1 spiro atoms. The van der Waals surface area contributed by atoms with Crippen molar-refractivity contribution >= 4 is 50.6 Å². The van der Waals surface area contributed by atoms with Crippen molar-refractivity contribution in [3.8, 4) is 28.4 Å². The van der Waals surface area contributed by atoms with Crippen LogP contribution in [0.25, 0.3) is 38.8 Å². The van der Waals surface area contributed by atoms with E-state index >= 15 is 0 Å². The van der Waals surface area contributed by atoms with Gasteiger partial charge in [0.25, 0.3) is 0 Å². The topological polar surface area (TPSA) is 33.5 Å². The Morgan fingerprint density at radius 1 is 0.689 bits per heavy atom. The van der Waals surface area contributed by atoms with Gasteiger partial charge in [-0.15, -0.1) is 35.2 Å². The molecule has 0 N–H and O–H groups in total. The SMILES string of the molecule is CN1[CH-]N2c3[c-]c(Oc4[c-]c5c(cc4)c4ccccc4n5-c4ccccn4)ccc3C3(c4cc(C(C)(C)C)ccc4Sc4cccc(-c5ccccc5)c43)c3cccc1c32.[Pt]. The van der Waals surface area contributed by atoms with Gasteiger partial charge >= 0.3 is 0 Å². The van der Waals surface area contributed by atoms with Gasteiger partial charge < -0.3 is 19.1 Å². The van der Waals surface area contributed by atoms with Crippen molar-refractivity contribution < 1.29 is 25.8 Å². The van der Waals surface area contributed by atoms with E-state index in [4.69, 9.17) is 9.72 Å². The van der Waals surface area contributed by atoms with Crippen LogP contribution < -0.4 is 14.5 Å². The van der Waals surface area contributed by atoms with Crippen molar-refractivity contribution in [2.45, 2.75) is 41.4 Å². The third kappa shape index (κ3) is 5.55. The van der Waals surface area contributed by atoms with Crippen LogP contribution in [0.5, 0.6) is 11.5 Å². The molecule has 3 aliphatic rings. The van der Waals surface area contributed by atoms with Crippen LogP contribution in [0.3, 0.4) is 0 Å². The normalized spacial score (nSPS) is 15.9. The van der Waals surface area contributed by atoms with E-state index in [0.717, 1.165) is 44.6 Å². The Kier molecular flexibility index (Phi) is 8.69. The molecule has 9 aromatic rings. The number of rotatable bonds is 4. The fourth-order valence-electron chi connectivity index (χ4n) is 9.82. The summed E-state index contributed by atoms with van der Waals surface area (Å²) in [5.74, 6) is 2.06. The zero-order chi connectivity index (χ0) is 40.3. The van der Waals surface area contributed by atoms with E-state index < -0.39 is 5.41 Å². The predicted octanol–water partition coefficient (Wildman–Crippen LogP) is 13.4. The van der Waals surface area contributed by atoms with Crippen molar-refractivity contribution in [3.63, 3.8) is 0 Å². The second-order valence-electron chi connectivity index (χ2n) is 16.9. The average molecular weight is 987 g/mol. The Morgan fingerprint density at radius 2 is 1.48 bits per heavy atom. The second-order valence-corrected chi connectivity index (χ2v) is 18.0. The zero-order valence-corrected chi connectivity index (χ0v) is 37.1. The molecule has 300 valence electrons. The molecular weight excluding hydrogens is 948 g/mol. The van der Waals surface area contributed by atoms with Crippen molar-refractivity contribution in [3.05, 3.63) is 204 Å². The largest absolute Gasteiger partial charge is 0.509 e. The fourth-order valence-corrected chi connectivity index (χ4v) is 11.0. The van der Waals surface area contributed by atoms with E-state index in [-0.39, 0.29) is 26.5 Å². The molecule has 1 atom stereocenters. The molecule has 0 fully saturated rings. The summed E-state index contributed by atoms with van der Waals surface area (Å²) < 4.78 is 9.00. The number of aromatic nitrogens is 2. The number of pyridine rings is 1. The van der Waals surface area contributed by atoms with E-state index in [1.54, 1.807) is 0 Å². The molecule has 0 saturated carbocycles. The Labute approximate surface area is 374 Å². The van der Waals surface area contributed by atoms with Gasteiger partial charge in [-0.25, -0.2) is 4.98 Å². The summed E-state index contributed by atoms with van der Waals surface area (Å²) >= 11 is 1.88. The maximum atomic E-state index is 6.83. The van der Waals surface area contributed by atoms with Crippen LogP contribution in [0.2, 0.25) is 0 Å². The third-order valence-electron chi connectivity index (χ3n) is 12.5. The van der Waals surface area contributed by atoms with E-state index in [9.17, 15) is 0 Å². The van der Waals surface area contributed by atoms with Crippen LogP contribution >= 0.6 is 11.8 Å². The summed E-state index contributed by atoms with van der Waals surface area (Å²) in [7, 11) is 2.14. The molecule has 0 bridgehead atoms. The average Bonchev–Trinajstić information content (AvgIpc) is 3.79. The number of anilines is 3. The Morgan fingerprint density at radius 3 is 2.31 bits per heavy atom. The van der Waals surface area contributed by atoms with Gasteiger partial charge in [-0.05, 0) is 87.6 Å². The third-order valence-corrected chi connectivity index (χ3v) is 13.6. The molecule has 2 aromatic heterocycles. The van der Waals surface area contributed by atoms with Crippen molar-refractivity contribution in [1.82, 2.24) is 9.55 Å². The first-order chi connectivity index (χ1) is 29.3. The molecule has 5 heterocycles. The van der Waals surface area contributed by atoms with Gasteiger partial charge in [0.1, 0.15) is 5.82 Å². The molecule has 0 aliphatic carbocycles. The van der Waals surface area contributed by atoms with Crippen LogP contribution in [0, 0.1) is 18.8 Å². The predicted molar refractivity (Wildman–Crippen MR) is 244 cm³/mol. The van der Waals surface area contributed by atoms with Gasteiger partial charge in [0.15, 0.2) is 0 Å². The number of fused-ring (bicyclic) bond motifs is 11. The molecular formula is C54H39N4OPtS-3. The second kappa shape index (κ2) is 14.0. The fraction of sp³-hybridized carbons (Fsp3) is 0.111. The number of benzene rings is 7. The summed E-state index contributed by atoms with van der Waals surface area (Å²) in [5.41, 5.74) is 13.3. The summed E-state index contributed by atoms with van der Waals surface area (Å²) in [6.07, 6.45) is 1.83. The number of hydrogen-bond acceptors (Lipinski definition) is 5. The molecule has 0 amide bonds. The van der Waals surface area contributed by atoms with Crippen LogP contribution in [-0.2, 0) is 31.9 Å². The van der Waals surface area contributed by atoms with Crippen molar-refractivity contribution in [1.29, 1.82) is 0 Å². The first-order valence-corrected chi connectivity index (χ1v) is 21.2. The molecule has 0 saturated heterocycles. The first-order valence-electron chi connectivity index (χ1n) is 20.4. The molecule has 1 unspecified atom stereocenters. The van der Waals surface area contributed by atoms with Crippen LogP contribution in [-0.4, -0.2) is 16.6 Å². The molecule has 12 rings (SSSR count). The van der Waals surface area contributed by atoms with Gasteiger partial charge in [-0.2, -0.15) is 18.8 Å². The smallest absolute Gasteiger partial charge is 0.135 e. The standard InChI is InChI=1S/C54H39N4OS.Pt/c1-53(2,3)35-23-28-48-43(30-35)54(51-38(17-12-21-49(51)60-48)34-14-6-5-7-15-34)41-27-25-37(32-47(41)57-33-56(4)45-20-13-18-42(54)52(45)57)59-36-24-26-40-39-16-8-9-19-44(39)58(46(40)31-36)50-22-10-11-29-55-50;/h5-30,33H,1-4H3;/q-3;.